The van der Waals surface area contributed by atoms with Gasteiger partial charge in [0.2, 0.25) is 0 Å². The van der Waals surface area contributed by atoms with Crippen molar-refractivity contribution in [2.24, 2.45) is 0 Å². The first kappa shape index (κ1) is 20.4. The van der Waals surface area contributed by atoms with Gasteiger partial charge in [-0.25, -0.2) is 18.1 Å². The van der Waals surface area contributed by atoms with E-state index in [1.807, 2.05) is 13.0 Å². The Bertz CT molecular complexity index is 1250. The van der Waals surface area contributed by atoms with Crippen LogP contribution < -0.4 is 10.2 Å². The monoisotopic (exact) mass is 422 g/mol. The summed E-state index contributed by atoms with van der Waals surface area (Å²) in [5, 5.41) is 2.75. The second-order valence-electron chi connectivity index (χ2n) is 7.25. The van der Waals surface area contributed by atoms with Gasteiger partial charge >= 0.3 is 0 Å². The summed E-state index contributed by atoms with van der Waals surface area (Å²) >= 11 is 0. The number of hydrogen-bond donors (Lipinski definition) is 1. The number of nitrogens with one attached hydrogen (secondary N) is 1. The molecule has 0 fully saturated rings. The zero-order chi connectivity index (χ0) is 22.3. The molecule has 7 heteroatoms. The zero-order valence-electron chi connectivity index (χ0n) is 16.7. The summed E-state index contributed by atoms with van der Waals surface area (Å²) in [5.41, 5.74) is 2.29. The summed E-state index contributed by atoms with van der Waals surface area (Å²) < 4.78 is 40.5. The molecule has 1 N–H and O–H groups in total. The third kappa shape index (κ3) is 3.70. The molecule has 2 amide bonds. The van der Waals surface area contributed by atoms with E-state index in [-0.39, 0.29) is 17.0 Å². The molecule has 0 bridgehead atoms. The first-order valence-corrected chi connectivity index (χ1v) is 9.44. The number of hydrogen-bond acceptors (Lipinski definition) is 3. The highest BCUT2D eigenvalue weighted by atomic mass is 19.2. The van der Waals surface area contributed by atoms with Crippen LogP contribution in [0.3, 0.4) is 0 Å². The van der Waals surface area contributed by atoms with Gasteiger partial charge in [-0.1, -0.05) is 24.3 Å². The van der Waals surface area contributed by atoms with E-state index >= 15 is 0 Å². The van der Waals surface area contributed by atoms with E-state index in [0.717, 1.165) is 22.6 Å². The normalized spacial score (nSPS) is 13.9. The van der Waals surface area contributed by atoms with Crippen LogP contribution in [0, 0.1) is 31.3 Å². The van der Waals surface area contributed by atoms with Crippen molar-refractivity contribution in [3.63, 3.8) is 0 Å². The maximum absolute atomic E-state index is 13.7. The van der Waals surface area contributed by atoms with E-state index in [1.165, 1.54) is 30.3 Å². The van der Waals surface area contributed by atoms with Crippen molar-refractivity contribution in [3.8, 4) is 0 Å². The molecule has 0 aliphatic carbocycles. The fourth-order valence-electron chi connectivity index (χ4n) is 3.43. The summed E-state index contributed by atoms with van der Waals surface area (Å²) in [5.74, 6) is -3.89. The zero-order valence-corrected chi connectivity index (χ0v) is 16.7. The number of halogens is 3. The van der Waals surface area contributed by atoms with Gasteiger partial charge in [-0.05, 0) is 60.9 Å². The SMILES string of the molecule is Cc1ccc(C)c(N2C(=O)C(Nc3ccc(F)c(F)c3)=C(c3ccc(F)cc3)C2=O)c1. The number of imide groups is 1. The lowest BCUT2D eigenvalue weighted by molar-refractivity contribution is -0.120. The number of rotatable bonds is 4. The summed E-state index contributed by atoms with van der Waals surface area (Å²) in [4.78, 5) is 27.7. The highest BCUT2D eigenvalue weighted by Gasteiger charge is 2.41. The second-order valence-corrected chi connectivity index (χ2v) is 7.25. The molecule has 3 aromatic carbocycles. The van der Waals surface area contributed by atoms with Gasteiger partial charge in [0.1, 0.15) is 11.5 Å². The molecule has 4 nitrogen and oxygen atoms in total. The van der Waals surface area contributed by atoms with Crippen LogP contribution in [0.15, 0.2) is 66.4 Å². The fourth-order valence-corrected chi connectivity index (χ4v) is 3.43. The number of anilines is 2. The standard InChI is InChI=1S/C24H17F3N2O2/c1-13-3-4-14(2)20(11-13)29-23(30)21(15-5-7-16(25)8-6-15)22(24(29)31)28-17-9-10-18(26)19(27)12-17/h3-12,28H,1-2H3. The van der Waals surface area contributed by atoms with E-state index in [0.29, 0.717) is 16.8 Å². The molecule has 0 unspecified atom stereocenters. The summed E-state index contributed by atoms with van der Waals surface area (Å²) in [6.45, 7) is 3.61. The molecule has 1 aliphatic rings. The Hall–Kier alpha value is -3.87. The predicted molar refractivity (Wildman–Crippen MR) is 112 cm³/mol. The lowest BCUT2D eigenvalue weighted by atomic mass is 10.0. The van der Waals surface area contributed by atoms with Crippen molar-refractivity contribution < 1.29 is 22.8 Å². The van der Waals surface area contributed by atoms with E-state index in [1.54, 1.807) is 19.1 Å². The van der Waals surface area contributed by atoms with Crippen LogP contribution in [0.25, 0.3) is 5.57 Å². The first-order valence-electron chi connectivity index (χ1n) is 9.44. The van der Waals surface area contributed by atoms with Crippen LogP contribution in [-0.2, 0) is 9.59 Å². The molecular weight excluding hydrogens is 405 g/mol. The molecule has 3 aromatic rings. The Balaban J connectivity index is 1.85. The summed E-state index contributed by atoms with van der Waals surface area (Å²) in [6, 6.07) is 13.6. The lowest BCUT2D eigenvalue weighted by Gasteiger charge is -2.18. The Kier molecular flexibility index (Phi) is 5.10. The number of amides is 2. The van der Waals surface area contributed by atoms with Crippen molar-refractivity contribution in [1.82, 2.24) is 0 Å². The second kappa shape index (κ2) is 7.75. The minimum absolute atomic E-state index is 0.00985. The lowest BCUT2D eigenvalue weighted by Crippen LogP contribution is -2.33. The third-order valence-electron chi connectivity index (χ3n) is 5.01. The number of aryl methyl sites for hydroxylation is 2. The highest BCUT2D eigenvalue weighted by Crippen LogP contribution is 2.35. The number of carbonyl (C=O) groups is 2. The average Bonchev–Trinajstić information content (AvgIpc) is 2.97. The fraction of sp³-hybridized carbons (Fsp3) is 0.0833. The Labute approximate surface area is 176 Å². The van der Waals surface area contributed by atoms with E-state index in [2.05, 4.69) is 5.32 Å². The molecule has 156 valence electrons. The summed E-state index contributed by atoms with van der Waals surface area (Å²) in [7, 11) is 0. The van der Waals surface area contributed by atoms with Crippen LogP contribution in [-0.4, -0.2) is 11.8 Å². The van der Waals surface area contributed by atoms with Crippen molar-refractivity contribution in [2.45, 2.75) is 13.8 Å². The average molecular weight is 422 g/mol. The minimum atomic E-state index is -1.10. The Morgan fingerprint density at radius 1 is 0.774 bits per heavy atom. The van der Waals surface area contributed by atoms with Crippen molar-refractivity contribution in [3.05, 3.63) is 101 Å². The highest BCUT2D eigenvalue weighted by molar-refractivity contribution is 6.46. The summed E-state index contributed by atoms with van der Waals surface area (Å²) in [6.07, 6.45) is 0. The molecule has 4 rings (SSSR count). The molecule has 31 heavy (non-hydrogen) atoms. The van der Waals surface area contributed by atoms with Gasteiger partial charge in [0.05, 0.1) is 11.3 Å². The molecular formula is C24H17F3N2O2. The maximum atomic E-state index is 13.7. The third-order valence-corrected chi connectivity index (χ3v) is 5.01. The van der Waals surface area contributed by atoms with Gasteiger partial charge in [-0.2, -0.15) is 0 Å². The van der Waals surface area contributed by atoms with Crippen LogP contribution in [0.5, 0.6) is 0 Å². The molecule has 0 radical (unpaired) electrons. The molecule has 0 spiro atoms. The quantitative estimate of drug-likeness (QED) is 0.594. The van der Waals surface area contributed by atoms with Crippen LogP contribution in [0.2, 0.25) is 0 Å². The van der Waals surface area contributed by atoms with Crippen molar-refractivity contribution in [2.75, 3.05) is 10.2 Å². The minimum Gasteiger partial charge on any atom is -0.350 e. The van der Waals surface area contributed by atoms with Crippen LogP contribution in [0.4, 0.5) is 24.5 Å². The molecule has 0 atom stereocenters. The topological polar surface area (TPSA) is 49.4 Å². The Morgan fingerprint density at radius 2 is 1.48 bits per heavy atom. The van der Waals surface area contributed by atoms with Gasteiger partial charge in [0.25, 0.3) is 11.8 Å². The van der Waals surface area contributed by atoms with Crippen molar-refractivity contribution >= 4 is 28.8 Å². The van der Waals surface area contributed by atoms with E-state index in [4.69, 9.17) is 0 Å². The molecule has 0 aromatic heterocycles. The first-order chi connectivity index (χ1) is 14.8. The predicted octanol–water partition coefficient (Wildman–Crippen LogP) is 5.12. The van der Waals surface area contributed by atoms with Crippen LogP contribution in [0.1, 0.15) is 16.7 Å². The number of nitrogens with zero attached hydrogens (tertiary/aromatic N) is 1. The van der Waals surface area contributed by atoms with E-state index < -0.39 is 29.3 Å². The van der Waals surface area contributed by atoms with Crippen LogP contribution >= 0.6 is 0 Å². The maximum Gasteiger partial charge on any atom is 0.282 e. The molecule has 0 saturated heterocycles. The van der Waals surface area contributed by atoms with Gasteiger partial charge in [0, 0.05) is 11.8 Å². The van der Waals surface area contributed by atoms with Gasteiger partial charge < -0.3 is 5.32 Å². The van der Waals surface area contributed by atoms with Gasteiger partial charge in [-0.3, -0.25) is 9.59 Å². The molecule has 1 heterocycles. The largest absolute Gasteiger partial charge is 0.350 e. The molecule has 1 aliphatic heterocycles. The van der Waals surface area contributed by atoms with Gasteiger partial charge in [-0.15, -0.1) is 0 Å². The Morgan fingerprint density at radius 3 is 2.16 bits per heavy atom. The molecule has 0 saturated carbocycles. The van der Waals surface area contributed by atoms with Crippen molar-refractivity contribution in [1.29, 1.82) is 0 Å². The smallest absolute Gasteiger partial charge is 0.282 e. The number of benzene rings is 3. The van der Waals surface area contributed by atoms with E-state index in [9.17, 15) is 22.8 Å². The number of carbonyl (C=O) groups excluding carboxylic acids is 2. The van der Waals surface area contributed by atoms with Gasteiger partial charge in [0.15, 0.2) is 11.6 Å².